The summed E-state index contributed by atoms with van der Waals surface area (Å²) in [6.45, 7) is 0.175. The molecule has 0 saturated carbocycles. The van der Waals surface area contributed by atoms with Gasteiger partial charge in [-0.2, -0.15) is 5.26 Å². The van der Waals surface area contributed by atoms with Gasteiger partial charge in [-0.25, -0.2) is 4.79 Å². The topological polar surface area (TPSA) is 79.2 Å². The van der Waals surface area contributed by atoms with Crippen molar-refractivity contribution in [1.29, 1.82) is 5.26 Å². The summed E-state index contributed by atoms with van der Waals surface area (Å²) >= 11 is 0. The number of anilines is 1. The lowest BCUT2D eigenvalue weighted by molar-refractivity contribution is -0.115. The molecule has 0 aliphatic heterocycles. The first-order valence-corrected chi connectivity index (χ1v) is 8.74. The summed E-state index contributed by atoms with van der Waals surface area (Å²) in [7, 11) is 0. The van der Waals surface area contributed by atoms with Gasteiger partial charge in [-0.05, 0) is 41.0 Å². The highest BCUT2D eigenvalue weighted by molar-refractivity contribution is 5.93. The third kappa shape index (κ3) is 5.05. The monoisotopic (exact) mass is 370 g/mol. The first-order chi connectivity index (χ1) is 13.7. The van der Waals surface area contributed by atoms with Gasteiger partial charge in [0.2, 0.25) is 5.91 Å². The molecular formula is C23H18N2O3. The summed E-state index contributed by atoms with van der Waals surface area (Å²) in [6, 6.07) is 26.0. The van der Waals surface area contributed by atoms with Crippen molar-refractivity contribution in [2.45, 2.75) is 13.0 Å². The van der Waals surface area contributed by atoms with Crippen LogP contribution in [-0.4, -0.2) is 11.9 Å². The average molecular weight is 370 g/mol. The molecule has 3 aromatic carbocycles. The Bertz CT molecular complexity index is 989. The van der Waals surface area contributed by atoms with E-state index in [2.05, 4.69) is 5.32 Å². The van der Waals surface area contributed by atoms with E-state index in [0.29, 0.717) is 11.3 Å². The van der Waals surface area contributed by atoms with Crippen LogP contribution in [0.25, 0.3) is 11.1 Å². The fourth-order valence-electron chi connectivity index (χ4n) is 2.62. The van der Waals surface area contributed by atoms with Gasteiger partial charge in [-0.1, -0.05) is 54.6 Å². The number of hydrogen-bond acceptors (Lipinski definition) is 4. The van der Waals surface area contributed by atoms with Gasteiger partial charge < -0.3 is 10.1 Å². The summed E-state index contributed by atoms with van der Waals surface area (Å²) < 4.78 is 5.35. The molecule has 0 saturated heterocycles. The normalized spacial score (nSPS) is 9.96. The summed E-state index contributed by atoms with van der Waals surface area (Å²) in [5, 5.41) is 11.1. The first kappa shape index (κ1) is 18.9. The molecule has 5 nitrogen and oxygen atoms in total. The molecule has 0 aromatic heterocycles. The summed E-state index contributed by atoms with van der Waals surface area (Å²) in [4.78, 5) is 23.6. The van der Waals surface area contributed by atoms with E-state index >= 15 is 0 Å². The molecule has 0 aliphatic rings. The second-order valence-electron chi connectivity index (χ2n) is 6.10. The Morgan fingerprint density at radius 3 is 2.14 bits per heavy atom. The number of esters is 1. The van der Waals surface area contributed by atoms with Crippen LogP contribution in [0.3, 0.4) is 0 Å². The van der Waals surface area contributed by atoms with Gasteiger partial charge in [0.1, 0.15) is 13.0 Å². The molecule has 0 bridgehead atoms. The zero-order valence-electron chi connectivity index (χ0n) is 15.1. The van der Waals surface area contributed by atoms with Gasteiger partial charge in [0.05, 0.1) is 11.6 Å². The SMILES string of the molecule is N#CCC(=O)Nc1ccc(C(=O)OCc2ccc(-c3ccccc3)cc2)cc1. The highest BCUT2D eigenvalue weighted by Gasteiger charge is 2.08. The van der Waals surface area contributed by atoms with E-state index in [1.54, 1.807) is 30.3 Å². The quantitative estimate of drug-likeness (QED) is 0.645. The Morgan fingerprint density at radius 2 is 1.50 bits per heavy atom. The molecule has 0 spiro atoms. The molecule has 3 rings (SSSR count). The lowest BCUT2D eigenvalue weighted by Crippen LogP contribution is -2.10. The number of rotatable bonds is 6. The van der Waals surface area contributed by atoms with Crippen molar-refractivity contribution in [2.24, 2.45) is 0 Å². The minimum atomic E-state index is -0.443. The maximum Gasteiger partial charge on any atom is 0.338 e. The molecule has 0 radical (unpaired) electrons. The zero-order valence-corrected chi connectivity index (χ0v) is 15.1. The van der Waals surface area contributed by atoms with Gasteiger partial charge in [-0.15, -0.1) is 0 Å². The molecule has 0 atom stereocenters. The van der Waals surface area contributed by atoms with Gasteiger partial charge in [-0.3, -0.25) is 4.79 Å². The van der Waals surface area contributed by atoms with Crippen molar-refractivity contribution < 1.29 is 14.3 Å². The van der Waals surface area contributed by atoms with Crippen LogP contribution < -0.4 is 5.32 Å². The largest absolute Gasteiger partial charge is 0.457 e. The molecular weight excluding hydrogens is 352 g/mol. The minimum Gasteiger partial charge on any atom is -0.457 e. The molecule has 138 valence electrons. The Kier molecular flexibility index (Phi) is 6.17. The summed E-state index contributed by atoms with van der Waals surface area (Å²) in [6.07, 6.45) is -0.215. The molecule has 0 unspecified atom stereocenters. The first-order valence-electron chi connectivity index (χ1n) is 8.74. The fourth-order valence-corrected chi connectivity index (χ4v) is 2.62. The van der Waals surface area contributed by atoms with Crippen molar-refractivity contribution in [2.75, 3.05) is 5.32 Å². The number of benzene rings is 3. The van der Waals surface area contributed by atoms with E-state index < -0.39 is 11.9 Å². The van der Waals surface area contributed by atoms with Crippen LogP contribution in [0.15, 0.2) is 78.9 Å². The van der Waals surface area contributed by atoms with Crippen LogP contribution in [0.5, 0.6) is 0 Å². The number of hydrogen-bond donors (Lipinski definition) is 1. The molecule has 0 fully saturated rings. The van der Waals surface area contributed by atoms with E-state index in [0.717, 1.165) is 16.7 Å². The smallest absolute Gasteiger partial charge is 0.338 e. The molecule has 28 heavy (non-hydrogen) atoms. The van der Waals surface area contributed by atoms with E-state index in [1.165, 1.54) is 0 Å². The Morgan fingerprint density at radius 1 is 0.857 bits per heavy atom. The van der Waals surface area contributed by atoms with Crippen molar-refractivity contribution in [3.05, 3.63) is 90.0 Å². The van der Waals surface area contributed by atoms with Gasteiger partial charge >= 0.3 is 5.97 Å². The van der Waals surface area contributed by atoms with Crippen LogP contribution >= 0.6 is 0 Å². The predicted molar refractivity (Wildman–Crippen MR) is 106 cm³/mol. The average Bonchev–Trinajstić information content (AvgIpc) is 2.74. The number of amides is 1. The number of carbonyl (C=O) groups excluding carboxylic acids is 2. The molecule has 0 heterocycles. The minimum absolute atomic E-state index is 0.175. The number of nitrogens with zero attached hydrogens (tertiary/aromatic N) is 1. The van der Waals surface area contributed by atoms with E-state index in [4.69, 9.17) is 10.00 Å². The fraction of sp³-hybridized carbons (Fsp3) is 0.0870. The maximum absolute atomic E-state index is 12.2. The van der Waals surface area contributed by atoms with Crippen LogP contribution in [0.2, 0.25) is 0 Å². The third-order valence-corrected chi connectivity index (χ3v) is 4.07. The van der Waals surface area contributed by atoms with Crippen LogP contribution in [0.4, 0.5) is 5.69 Å². The molecule has 3 aromatic rings. The maximum atomic E-state index is 12.2. The summed E-state index contributed by atoms with van der Waals surface area (Å²) in [5.74, 6) is -0.834. The second kappa shape index (κ2) is 9.15. The zero-order chi connectivity index (χ0) is 19.8. The van der Waals surface area contributed by atoms with Crippen molar-refractivity contribution in [1.82, 2.24) is 0 Å². The van der Waals surface area contributed by atoms with E-state index in [9.17, 15) is 9.59 Å². The molecule has 5 heteroatoms. The van der Waals surface area contributed by atoms with Crippen LogP contribution in [0, 0.1) is 11.3 Å². The van der Waals surface area contributed by atoms with Gasteiger partial charge in [0.15, 0.2) is 0 Å². The Labute approximate surface area is 163 Å². The molecule has 0 aliphatic carbocycles. The highest BCUT2D eigenvalue weighted by Crippen LogP contribution is 2.20. The number of nitriles is 1. The Hall–Kier alpha value is -3.91. The van der Waals surface area contributed by atoms with Crippen molar-refractivity contribution >= 4 is 17.6 Å². The van der Waals surface area contributed by atoms with E-state index in [1.807, 2.05) is 54.6 Å². The lowest BCUT2D eigenvalue weighted by Gasteiger charge is -2.08. The van der Waals surface area contributed by atoms with Crippen LogP contribution in [0.1, 0.15) is 22.3 Å². The molecule has 1 amide bonds. The number of ether oxygens (including phenoxy) is 1. The predicted octanol–water partition coefficient (Wildman–Crippen LogP) is 4.56. The van der Waals surface area contributed by atoms with Crippen molar-refractivity contribution in [3.63, 3.8) is 0 Å². The summed E-state index contributed by atoms with van der Waals surface area (Å²) in [5.41, 5.74) is 4.04. The van der Waals surface area contributed by atoms with Gasteiger partial charge in [0.25, 0.3) is 0 Å². The number of carbonyl (C=O) groups is 2. The lowest BCUT2D eigenvalue weighted by atomic mass is 10.0. The number of nitrogens with one attached hydrogen (secondary N) is 1. The third-order valence-electron chi connectivity index (χ3n) is 4.07. The second-order valence-corrected chi connectivity index (χ2v) is 6.10. The van der Waals surface area contributed by atoms with Crippen LogP contribution in [-0.2, 0) is 16.1 Å². The van der Waals surface area contributed by atoms with Gasteiger partial charge in [0, 0.05) is 5.69 Å². The highest BCUT2D eigenvalue weighted by atomic mass is 16.5. The molecule has 1 N–H and O–H groups in total. The van der Waals surface area contributed by atoms with E-state index in [-0.39, 0.29) is 13.0 Å². The Balaban J connectivity index is 1.55. The standard InChI is InChI=1S/C23H18N2O3/c24-15-14-22(26)25-21-12-10-20(11-13-21)23(27)28-16-17-6-8-19(9-7-17)18-4-2-1-3-5-18/h1-13H,14,16H2,(H,25,26). The van der Waals surface area contributed by atoms with Crippen molar-refractivity contribution in [3.8, 4) is 17.2 Å².